The lowest BCUT2D eigenvalue weighted by atomic mass is 10.2. The Morgan fingerprint density at radius 3 is 2.94 bits per heavy atom. The molecule has 1 aromatic carbocycles. The highest BCUT2D eigenvalue weighted by Gasteiger charge is 2.06. The molecular weight excluding hydrogens is 250 g/mol. The van der Waals surface area contributed by atoms with E-state index in [0.29, 0.717) is 22.6 Å². The standard InChI is InChI=1S/C10H10ClNO3S/c11-8-2-1-3-9(7(8)6-13)16-5-4-15-10(12)14/h1-3,6H,4-5H2,(H2,12,14). The van der Waals surface area contributed by atoms with Crippen molar-refractivity contribution < 1.29 is 14.3 Å². The fourth-order valence-corrected chi connectivity index (χ4v) is 2.20. The first-order valence-electron chi connectivity index (χ1n) is 4.44. The molecule has 1 rings (SSSR count). The zero-order valence-electron chi connectivity index (χ0n) is 8.31. The maximum atomic E-state index is 10.8. The number of amides is 1. The van der Waals surface area contributed by atoms with Crippen molar-refractivity contribution in [3.8, 4) is 0 Å². The molecule has 6 heteroatoms. The second kappa shape index (κ2) is 6.40. The van der Waals surface area contributed by atoms with Crippen molar-refractivity contribution in [3.05, 3.63) is 28.8 Å². The molecule has 0 spiro atoms. The third-order valence-corrected chi connectivity index (χ3v) is 3.08. The topological polar surface area (TPSA) is 69.4 Å². The average molecular weight is 260 g/mol. The van der Waals surface area contributed by atoms with E-state index in [0.717, 1.165) is 4.90 Å². The van der Waals surface area contributed by atoms with Crippen molar-refractivity contribution in [2.24, 2.45) is 5.73 Å². The zero-order valence-corrected chi connectivity index (χ0v) is 9.88. The maximum Gasteiger partial charge on any atom is 0.404 e. The molecule has 1 amide bonds. The number of rotatable bonds is 5. The molecular formula is C10H10ClNO3S. The molecule has 86 valence electrons. The molecule has 2 N–H and O–H groups in total. The van der Waals surface area contributed by atoms with E-state index in [9.17, 15) is 9.59 Å². The Morgan fingerprint density at radius 2 is 2.31 bits per heavy atom. The van der Waals surface area contributed by atoms with Gasteiger partial charge in [-0.2, -0.15) is 0 Å². The number of primary amides is 1. The number of hydrogen-bond donors (Lipinski definition) is 1. The molecule has 1 aromatic rings. The molecule has 0 heterocycles. The number of thioether (sulfide) groups is 1. The van der Waals surface area contributed by atoms with E-state index in [1.165, 1.54) is 11.8 Å². The fourth-order valence-electron chi connectivity index (χ4n) is 1.05. The van der Waals surface area contributed by atoms with Crippen molar-refractivity contribution in [1.29, 1.82) is 0 Å². The highest BCUT2D eigenvalue weighted by molar-refractivity contribution is 7.99. The molecule has 16 heavy (non-hydrogen) atoms. The number of ether oxygens (including phenoxy) is 1. The van der Waals surface area contributed by atoms with Crippen LogP contribution in [0.25, 0.3) is 0 Å². The Morgan fingerprint density at radius 1 is 1.56 bits per heavy atom. The van der Waals surface area contributed by atoms with Gasteiger partial charge >= 0.3 is 6.09 Å². The van der Waals surface area contributed by atoms with Crippen LogP contribution in [0.4, 0.5) is 4.79 Å². The molecule has 0 radical (unpaired) electrons. The van der Waals surface area contributed by atoms with E-state index in [1.54, 1.807) is 18.2 Å². The first-order chi connectivity index (χ1) is 7.65. The van der Waals surface area contributed by atoms with Gasteiger partial charge in [0.15, 0.2) is 6.29 Å². The van der Waals surface area contributed by atoms with E-state index >= 15 is 0 Å². The lowest BCUT2D eigenvalue weighted by Crippen LogP contribution is -2.14. The summed E-state index contributed by atoms with van der Waals surface area (Å²) in [4.78, 5) is 21.8. The van der Waals surface area contributed by atoms with Gasteiger partial charge in [-0.25, -0.2) is 4.79 Å². The van der Waals surface area contributed by atoms with Crippen molar-refractivity contribution >= 4 is 35.7 Å². The summed E-state index contributed by atoms with van der Waals surface area (Å²) in [6, 6.07) is 5.19. The lowest BCUT2D eigenvalue weighted by Gasteiger charge is -2.05. The highest BCUT2D eigenvalue weighted by atomic mass is 35.5. The van der Waals surface area contributed by atoms with E-state index in [1.807, 2.05) is 0 Å². The number of halogens is 1. The largest absolute Gasteiger partial charge is 0.449 e. The molecule has 0 aliphatic rings. The molecule has 4 nitrogen and oxygen atoms in total. The summed E-state index contributed by atoms with van der Waals surface area (Å²) in [5.74, 6) is 0.518. The quantitative estimate of drug-likeness (QED) is 0.501. The summed E-state index contributed by atoms with van der Waals surface area (Å²) in [7, 11) is 0. The summed E-state index contributed by atoms with van der Waals surface area (Å²) in [6.45, 7) is 0.199. The number of benzene rings is 1. The lowest BCUT2D eigenvalue weighted by molar-refractivity contribution is 0.112. The molecule has 0 fully saturated rings. The average Bonchev–Trinajstić information content (AvgIpc) is 2.24. The Balaban J connectivity index is 2.56. The summed E-state index contributed by atoms with van der Waals surface area (Å²) in [6.07, 6.45) is -0.0955. The Labute approximate surface area is 102 Å². The third-order valence-electron chi connectivity index (χ3n) is 1.72. The van der Waals surface area contributed by atoms with Gasteiger partial charge in [0.1, 0.15) is 6.61 Å². The van der Waals surface area contributed by atoms with Gasteiger partial charge in [-0.15, -0.1) is 11.8 Å². The first-order valence-corrected chi connectivity index (χ1v) is 5.80. The van der Waals surface area contributed by atoms with Gasteiger partial charge in [0.2, 0.25) is 0 Å². The number of aldehydes is 1. The fraction of sp³-hybridized carbons (Fsp3) is 0.200. The van der Waals surface area contributed by atoms with Crippen LogP contribution < -0.4 is 5.73 Å². The van der Waals surface area contributed by atoms with E-state index in [-0.39, 0.29) is 6.61 Å². The van der Waals surface area contributed by atoms with Gasteiger partial charge < -0.3 is 10.5 Å². The Bertz CT molecular complexity index is 398. The van der Waals surface area contributed by atoms with Gasteiger partial charge in [-0.3, -0.25) is 4.79 Å². The third kappa shape index (κ3) is 3.75. The number of carbonyl (C=O) groups is 2. The SMILES string of the molecule is NC(=O)OCCSc1cccc(Cl)c1C=O. The Hall–Kier alpha value is -1.20. The molecule has 0 bridgehead atoms. The van der Waals surface area contributed by atoms with Gasteiger partial charge in [-0.1, -0.05) is 17.7 Å². The molecule has 0 saturated carbocycles. The first kappa shape index (κ1) is 12.9. The van der Waals surface area contributed by atoms with Crippen molar-refractivity contribution in [2.45, 2.75) is 4.90 Å². The van der Waals surface area contributed by atoms with Crippen molar-refractivity contribution in [2.75, 3.05) is 12.4 Å². The summed E-state index contributed by atoms with van der Waals surface area (Å²) in [5.41, 5.74) is 5.26. The second-order valence-electron chi connectivity index (χ2n) is 2.79. The molecule has 0 saturated heterocycles. The normalized spacial score (nSPS) is 9.81. The molecule has 0 aromatic heterocycles. The van der Waals surface area contributed by atoms with Crippen LogP contribution in [-0.4, -0.2) is 24.7 Å². The molecule has 0 unspecified atom stereocenters. The van der Waals surface area contributed by atoms with Crippen LogP contribution in [-0.2, 0) is 4.74 Å². The summed E-state index contributed by atoms with van der Waals surface area (Å²) in [5, 5.41) is 0.413. The predicted molar refractivity (Wildman–Crippen MR) is 63.1 cm³/mol. The van der Waals surface area contributed by atoms with Gasteiger partial charge in [0, 0.05) is 16.2 Å². The van der Waals surface area contributed by atoms with Crippen LogP contribution in [0.2, 0.25) is 5.02 Å². The number of nitrogens with two attached hydrogens (primary N) is 1. The minimum Gasteiger partial charge on any atom is -0.449 e. The van der Waals surface area contributed by atoms with Crippen molar-refractivity contribution in [3.63, 3.8) is 0 Å². The van der Waals surface area contributed by atoms with E-state index in [4.69, 9.17) is 17.3 Å². The van der Waals surface area contributed by atoms with Crippen LogP contribution in [0.5, 0.6) is 0 Å². The predicted octanol–water partition coefficient (Wildman–Crippen LogP) is 2.34. The van der Waals surface area contributed by atoms with Crippen LogP contribution in [0.1, 0.15) is 10.4 Å². The second-order valence-corrected chi connectivity index (χ2v) is 4.33. The highest BCUT2D eigenvalue weighted by Crippen LogP contribution is 2.26. The minimum atomic E-state index is -0.803. The van der Waals surface area contributed by atoms with E-state index < -0.39 is 6.09 Å². The smallest absolute Gasteiger partial charge is 0.404 e. The summed E-state index contributed by atoms with van der Waals surface area (Å²) >= 11 is 7.22. The molecule has 0 aliphatic carbocycles. The van der Waals surface area contributed by atoms with Crippen molar-refractivity contribution in [1.82, 2.24) is 0 Å². The van der Waals surface area contributed by atoms with Crippen LogP contribution in [0.3, 0.4) is 0 Å². The zero-order chi connectivity index (χ0) is 12.0. The molecule has 0 atom stereocenters. The Kier molecular flexibility index (Phi) is 5.14. The number of hydrogen-bond acceptors (Lipinski definition) is 4. The monoisotopic (exact) mass is 259 g/mol. The number of carbonyl (C=O) groups excluding carboxylic acids is 2. The van der Waals surface area contributed by atoms with E-state index in [2.05, 4.69) is 4.74 Å². The minimum absolute atomic E-state index is 0.199. The van der Waals surface area contributed by atoms with Gasteiger partial charge in [-0.05, 0) is 12.1 Å². The molecule has 0 aliphatic heterocycles. The van der Waals surface area contributed by atoms with Crippen LogP contribution in [0.15, 0.2) is 23.1 Å². The summed E-state index contributed by atoms with van der Waals surface area (Å²) < 4.78 is 4.56. The van der Waals surface area contributed by atoms with Gasteiger partial charge in [0.25, 0.3) is 0 Å². The maximum absolute atomic E-state index is 10.8. The van der Waals surface area contributed by atoms with Crippen LogP contribution in [0, 0.1) is 0 Å². The van der Waals surface area contributed by atoms with Gasteiger partial charge in [0.05, 0.1) is 5.02 Å². The van der Waals surface area contributed by atoms with Crippen LogP contribution >= 0.6 is 23.4 Å².